The number of nitrogens with zero attached hydrogens (tertiary/aromatic N) is 2. The fourth-order valence-electron chi connectivity index (χ4n) is 3.24. The summed E-state index contributed by atoms with van der Waals surface area (Å²) in [6, 6.07) is 13.5. The molecule has 2 amide bonds. The number of benzene rings is 1. The van der Waals surface area contributed by atoms with Gasteiger partial charge in [0.05, 0.1) is 5.69 Å². The first kappa shape index (κ1) is 16.6. The number of fused-ring (bicyclic) bond motifs is 1. The third kappa shape index (κ3) is 3.15. The van der Waals surface area contributed by atoms with Gasteiger partial charge >= 0.3 is 0 Å². The first-order valence-electron chi connectivity index (χ1n) is 8.60. The van der Waals surface area contributed by atoms with Crippen LogP contribution in [0.3, 0.4) is 0 Å². The van der Waals surface area contributed by atoms with Gasteiger partial charge in [-0.3, -0.25) is 9.59 Å². The maximum atomic E-state index is 12.5. The van der Waals surface area contributed by atoms with Crippen molar-refractivity contribution < 1.29 is 9.59 Å². The summed E-state index contributed by atoms with van der Waals surface area (Å²) < 4.78 is 1.93. The van der Waals surface area contributed by atoms with E-state index in [1.54, 1.807) is 0 Å². The number of rotatable bonds is 5. The van der Waals surface area contributed by atoms with Crippen molar-refractivity contribution in [3.8, 4) is 5.69 Å². The molecule has 0 fully saturated rings. The molecule has 0 unspecified atom stereocenters. The van der Waals surface area contributed by atoms with Crippen LogP contribution in [0.4, 0.5) is 0 Å². The van der Waals surface area contributed by atoms with Crippen molar-refractivity contribution in [2.45, 2.75) is 6.42 Å². The number of nitrogens with one attached hydrogen (secondary N) is 1. The van der Waals surface area contributed by atoms with E-state index in [2.05, 4.69) is 5.32 Å². The predicted octanol–water partition coefficient (Wildman–Crippen LogP) is 2.97. The third-order valence-electron chi connectivity index (χ3n) is 4.59. The summed E-state index contributed by atoms with van der Waals surface area (Å²) in [7, 11) is 0. The van der Waals surface area contributed by atoms with E-state index in [0.29, 0.717) is 24.5 Å². The Morgan fingerprint density at radius 2 is 1.92 bits per heavy atom. The quantitative estimate of drug-likeness (QED) is 0.756. The highest BCUT2D eigenvalue weighted by molar-refractivity contribution is 7.12. The van der Waals surface area contributed by atoms with Crippen LogP contribution in [0.5, 0.6) is 0 Å². The van der Waals surface area contributed by atoms with E-state index in [9.17, 15) is 9.59 Å². The zero-order valence-corrected chi connectivity index (χ0v) is 15.0. The average molecular weight is 365 g/mol. The van der Waals surface area contributed by atoms with Crippen LogP contribution in [0, 0.1) is 0 Å². The lowest BCUT2D eigenvalue weighted by atomic mass is 9.99. The van der Waals surface area contributed by atoms with Crippen LogP contribution in [0.25, 0.3) is 5.69 Å². The Bertz CT molecular complexity index is 930. The van der Waals surface area contributed by atoms with Gasteiger partial charge in [-0.05, 0) is 41.6 Å². The lowest BCUT2D eigenvalue weighted by molar-refractivity contribution is 0.0733. The highest BCUT2D eigenvalue weighted by Crippen LogP contribution is 2.21. The molecule has 4 rings (SSSR count). The molecule has 1 aromatic carbocycles. The van der Waals surface area contributed by atoms with Crippen molar-refractivity contribution in [3.63, 3.8) is 0 Å². The average Bonchev–Trinajstić information content (AvgIpc) is 3.35. The minimum atomic E-state index is -0.103. The molecule has 1 N–H and O–H groups in total. The molecular weight excluding hydrogens is 346 g/mol. The molecule has 0 saturated heterocycles. The monoisotopic (exact) mass is 365 g/mol. The summed E-state index contributed by atoms with van der Waals surface area (Å²) in [6.45, 7) is 1.65. The zero-order chi connectivity index (χ0) is 17.9. The fraction of sp³-hybridized carbons (Fsp3) is 0.200. The third-order valence-corrected chi connectivity index (χ3v) is 5.49. The van der Waals surface area contributed by atoms with E-state index < -0.39 is 0 Å². The van der Waals surface area contributed by atoms with Crippen LogP contribution < -0.4 is 5.32 Å². The standard InChI is InChI=1S/C20H19N3O2S/c24-19(18-17(8-14-26-18)22-10-3-4-11-22)21-9-13-23-12-7-15-5-1-2-6-16(15)20(23)25/h1-6,8,10-11,14H,7,9,12-13H2,(H,21,24). The summed E-state index contributed by atoms with van der Waals surface area (Å²) in [5.41, 5.74) is 2.76. The molecule has 0 atom stereocenters. The maximum absolute atomic E-state index is 12.5. The molecule has 132 valence electrons. The van der Waals surface area contributed by atoms with E-state index in [1.165, 1.54) is 11.3 Å². The number of carbonyl (C=O) groups is 2. The van der Waals surface area contributed by atoms with Gasteiger partial charge in [0.15, 0.2) is 0 Å². The van der Waals surface area contributed by atoms with Crippen LogP contribution in [0.1, 0.15) is 25.6 Å². The van der Waals surface area contributed by atoms with Crippen molar-refractivity contribution in [1.82, 2.24) is 14.8 Å². The van der Waals surface area contributed by atoms with Gasteiger partial charge in [0, 0.05) is 37.6 Å². The van der Waals surface area contributed by atoms with Gasteiger partial charge in [-0.1, -0.05) is 18.2 Å². The highest BCUT2D eigenvalue weighted by atomic mass is 32.1. The molecule has 3 aromatic rings. The molecule has 2 aromatic heterocycles. The van der Waals surface area contributed by atoms with Crippen molar-refractivity contribution in [1.29, 1.82) is 0 Å². The van der Waals surface area contributed by atoms with Gasteiger partial charge < -0.3 is 14.8 Å². The molecular formula is C20H19N3O2S. The second kappa shape index (κ2) is 7.17. The van der Waals surface area contributed by atoms with Gasteiger partial charge in [0.1, 0.15) is 4.88 Å². The lowest BCUT2D eigenvalue weighted by Gasteiger charge is -2.28. The second-order valence-corrected chi connectivity index (χ2v) is 7.10. The van der Waals surface area contributed by atoms with E-state index in [-0.39, 0.29) is 11.8 Å². The Labute approximate surface area is 155 Å². The molecule has 3 heterocycles. The van der Waals surface area contributed by atoms with E-state index >= 15 is 0 Å². The van der Waals surface area contributed by atoms with E-state index in [0.717, 1.165) is 23.2 Å². The molecule has 0 bridgehead atoms. The van der Waals surface area contributed by atoms with Crippen molar-refractivity contribution in [3.05, 3.63) is 76.2 Å². The normalized spacial score (nSPS) is 13.5. The van der Waals surface area contributed by atoms with Crippen LogP contribution in [0.2, 0.25) is 0 Å². The van der Waals surface area contributed by atoms with Crippen molar-refractivity contribution in [2.75, 3.05) is 19.6 Å². The summed E-state index contributed by atoms with van der Waals surface area (Å²) >= 11 is 1.42. The Morgan fingerprint density at radius 3 is 2.77 bits per heavy atom. The Hall–Kier alpha value is -2.86. The molecule has 0 saturated carbocycles. The first-order valence-corrected chi connectivity index (χ1v) is 9.48. The summed E-state index contributed by atoms with van der Waals surface area (Å²) in [4.78, 5) is 27.6. The van der Waals surface area contributed by atoms with Crippen molar-refractivity contribution in [2.24, 2.45) is 0 Å². The molecule has 1 aliphatic heterocycles. The lowest BCUT2D eigenvalue weighted by Crippen LogP contribution is -2.42. The summed E-state index contributed by atoms with van der Waals surface area (Å²) in [6.07, 6.45) is 4.70. The second-order valence-electron chi connectivity index (χ2n) is 6.18. The molecule has 26 heavy (non-hydrogen) atoms. The molecule has 5 nitrogen and oxygen atoms in total. The van der Waals surface area contributed by atoms with Crippen LogP contribution in [0.15, 0.2) is 60.2 Å². The maximum Gasteiger partial charge on any atom is 0.263 e. The molecule has 1 aliphatic rings. The SMILES string of the molecule is O=C(NCCN1CCc2ccccc2C1=O)c1sccc1-n1cccc1. The number of carbonyl (C=O) groups excluding carboxylic acids is 2. The highest BCUT2D eigenvalue weighted by Gasteiger charge is 2.23. The molecule has 0 radical (unpaired) electrons. The van der Waals surface area contributed by atoms with Gasteiger partial charge in [-0.15, -0.1) is 11.3 Å². The largest absolute Gasteiger partial charge is 0.349 e. The molecule has 6 heteroatoms. The Morgan fingerprint density at radius 1 is 1.12 bits per heavy atom. The number of hydrogen-bond donors (Lipinski definition) is 1. The minimum Gasteiger partial charge on any atom is -0.349 e. The predicted molar refractivity (Wildman–Crippen MR) is 102 cm³/mol. The number of aromatic nitrogens is 1. The first-order chi connectivity index (χ1) is 12.7. The number of hydrogen-bond acceptors (Lipinski definition) is 3. The van der Waals surface area contributed by atoms with Gasteiger partial charge in [-0.25, -0.2) is 0 Å². The Kier molecular flexibility index (Phi) is 4.58. The minimum absolute atomic E-state index is 0.0465. The van der Waals surface area contributed by atoms with Crippen LogP contribution >= 0.6 is 11.3 Å². The summed E-state index contributed by atoms with van der Waals surface area (Å²) in [5.74, 6) is -0.0567. The van der Waals surface area contributed by atoms with Crippen LogP contribution in [-0.2, 0) is 6.42 Å². The fourth-order valence-corrected chi connectivity index (χ4v) is 4.05. The zero-order valence-electron chi connectivity index (χ0n) is 14.2. The number of thiophene rings is 1. The van der Waals surface area contributed by atoms with Gasteiger partial charge in [0.25, 0.3) is 11.8 Å². The molecule has 0 aliphatic carbocycles. The Balaban J connectivity index is 1.37. The van der Waals surface area contributed by atoms with Crippen LogP contribution in [-0.4, -0.2) is 40.9 Å². The van der Waals surface area contributed by atoms with Gasteiger partial charge in [0.2, 0.25) is 0 Å². The smallest absolute Gasteiger partial charge is 0.263 e. The summed E-state index contributed by atoms with van der Waals surface area (Å²) in [5, 5.41) is 4.86. The topological polar surface area (TPSA) is 54.3 Å². The molecule has 0 spiro atoms. The van der Waals surface area contributed by atoms with E-state index in [1.807, 2.05) is 69.7 Å². The van der Waals surface area contributed by atoms with E-state index in [4.69, 9.17) is 0 Å². The van der Waals surface area contributed by atoms with Crippen molar-refractivity contribution >= 4 is 23.2 Å². The van der Waals surface area contributed by atoms with Gasteiger partial charge in [-0.2, -0.15) is 0 Å². The number of amides is 2.